The van der Waals surface area contributed by atoms with Crippen LogP contribution >= 0.6 is 23.2 Å². The van der Waals surface area contributed by atoms with Gasteiger partial charge in [0, 0.05) is 6.54 Å². The molecule has 2 aliphatic carbocycles. The van der Waals surface area contributed by atoms with Crippen molar-refractivity contribution in [2.45, 2.75) is 42.0 Å². The Hall–Kier alpha value is -3.01. The Morgan fingerprint density at radius 2 is 1.74 bits per heavy atom. The van der Waals surface area contributed by atoms with Gasteiger partial charge in [0.15, 0.2) is 9.75 Å². The highest BCUT2D eigenvalue weighted by Crippen LogP contribution is 2.65. The van der Waals surface area contributed by atoms with Crippen LogP contribution in [-0.2, 0) is 25.8 Å². The number of nitrogens with zero attached hydrogens (tertiary/aromatic N) is 2. The van der Waals surface area contributed by atoms with E-state index in [0.717, 1.165) is 17.0 Å². The summed E-state index contributed by atoms with van der Waals surface area (Å²) in [7, 11) is 0. The number of benzene rings is 1. The number of aliphatic hydroxyl groups excluding tert-OH is 1. The van der Waals surface area contributed by atoms with Crippen molar-refractivity contribution < 1.29 is 33.1 Å². The number of carbonyl (C=O) groups excluding carboxylic acids is 4. The molecular weight excluding hydrogens is 538 g/mol. The van der Waals surface area contributed by atoms with Gasteiger partial charge in [-0.2, -0.15) is 0 Å². The lowest BCUT2D eigenvalue weighted by Crippen LogP contribution is -2.60. The van der Waals surface area contributed by atoms with Crippen LogP contribution in [0.5, 0.6) is 0 Å². The SMILES string of the molecule is CCN1C(=O)C2CC=C3C(CC4(Cl)C(=O)N(c5ccc(F)cc5)C(=O)C4(Cl)C3c3ccc(CO)o3)C2C1=O. The molecule has 0 radical (unpaired) electrons. The van der Waals surface area contributed by atoms with E-state index in [0.29, 0.717) is 5.57 Å². The maximum Gasteiger partial charge on any atom is 0.258 e. The monoisotopic (exact) mass is 560 g/mol. The van der Waals surface area contributed by atoms with Gasteiger partial charge >= 0.3 is 0 Å². The summed E-state index contributed by atoms with van der Waals surface area (Å²) in [5.74, 6) is -5.46. The first kappa shape index (κ1) is 25.3. The molecular formula is C27H23Cl2FN2O6. The molecule has 1 saturated carbocycles. The van der Waals surface area contributed by atoms with Gasteiger partial charge in [-0.1, -0.05) is 11.6 Å². The number of aliphatic hydroxyl groups is 1. The van der Waals surface area contributed by atoms with Gasteiger partial charge in [0.25, 0.3) is 11.8 Å². The van der Waals surface area contributed by atoms with Crippen molar-refractivity contribution in [3.8, 4) is 0 Å². The molecule has 4 aliphatic rings. The van der Waals surface area contributed by atoms with Crippen LogP contribution in [0.15, 0.2) is 52.5 Å². The van der Waals surface area contributed by atoms with Gasteiger partial charge in [0.2, 0.25) is 11.8 Å². The van der Waals surface area contributed by atoms with Crippen LogP contribution in [0.4, 0.5) is 10.1 Å². The molecule has 0 spiro atoms. The lowest BCUT2D eigenvalue weighted by Gasteiger charge is -2.49. The normalized spacial score (nSPS) is 34.4. The number of likely N-dealkylation sites (tertiary alicyclic amines) is 1. The van der Waals surface area contributed by atoms with Crippen molar-refractivity contribution >= 4 is 52.5 Å². The van der Waals surface area contributed by atoms with E-state index in [-0.39, 0.29) is 48.4 Å². The van der Waals surface area contributed by atoms with Crippen LogP contribution in [0.1, 0.15) is 37.2 Å². The number of halogens is 3. The Labute approximate surface area is 227 Å². The Kier molecular flexibility index (Phi) is 5.65. The third-order valence-electron chi connectivity index (χ3n) is 8.43. The van der Waals surface area contributed by atoms with Crippen LogP contribution in [0.25, 0.3) is 0 Å². The number of anilines is 1. The number of furan rings is 1. The summed E-state index contributed by atoms with van der Waals surface area (Å²) < 4.78 is 19.5. The number of carbonyl (C=O) groups is 4. The average Bonchev–Trinajstić information content (AvgIpc) is 3.51. The minimum Gasteiger partial charge on any atom is -0.463 e. The fraction of sp³-hybridized carbons (Fsp3) is 0.407. The first-order chi connectivity index (χ1) is 18.1. The fourth-order valence-corrected chi connectivity index (χ4v) is 7.64. The van der Waals surface area contributed by atoms with Gasteiger partial charge in [-0.3, -0.25) is 24.1 Å². The van der Waals surface area contributed by atoms with E-state index in [1.54, 1.807) is 19.1 Å². The van der Waals surface area contributed by atoms with Crippen molar-refractivity contribution in [1.29, 1.82) is 0 Å². The van der Waals surface area contributed by atoms with Crippen molar-refractivity contribution in [1.82, 2.24) is 4.90 Å². The van der Waals surface area contributed by atoms with E-state index in [2.05, 4.69) is 0 Å². The zero-order valence-electron chi connectivity index (χ0n) is 20.2. The molecule has 0 bridgehead atoms. The summed E-state index contributed by atoms with van der Waals surface area (Å²) in [5.41, 5.74) is 0.696. The minimum absolute atomic E-state index is 0.101. The molecule has 6 rings (SSSR count). The summed E-state index contributed by atoms with van der Waals surface area (Å²) in [6.07, 6.45) is 1.91. The Morgan fingerprint density at radius 3 is 2.37 bits per heavy atom. The third-order valence-corrected chi connectivity index (χ3v) is 9.84. The molecule has 1 aromatic carbocycles. The van der Waals surface area contributed by atoms with Crippen LogP contribution < -0.4 is 4.90 Å². The van der Waals surface area contributed by atoms with Crippen LogP contribution in [-0.4, -0.2) is 49.9 Å². The number of rotatable bonds is 4. The lowest BCUT2D eigenvalue weighted by molar-refractivity contribution is -0.140. The smallest absolute Gasteiger partial charge is 0.258 e. The van der Waals surface area contributed by atoms with Crippen LogP contribution in [0.2, 0.25) is 0 Å². The lowest BCUT2D eigenvalue weighted by atomic mass is 9.57. The Morgan fingerprint density at radius 1 is 1.03 bits per heavy atom. The molecule has 6 atom stereocenters. The molecule has 1 N–H and O–H groups in total. The molecule has 3 fully saturated rings. The molecule has 11 heteroatoms. The van der Waals surface area contributed by atoms with Gasteiger partial charge in [0.05, 0.1) is 23.4 Å². The van der Waals surface area contributed by atoms with Crippen molar-refractivity contribution in [2.75, 3.05) is 11.4 Å². The largest absolute Gasteiger partial charge is 0.463 e. The van der Waals surface area contributed by atoms with E-state index in [4.69, 9.17) is 27.6 Å². The number of imide groups is 2. The molecule has 198 valence electrons. The van der Waals surface area contributed by atoms with E-state index in [1.807, 2.05) is 0 Å². The molecule has 2 aromatic rings. The first-order valence-corrected chi connectivity index (χ1v) is 13.1. The first-order valence-electron chi connectivity index (χ1n) is 12.4. The molecule has 38 heavy (non-hydrogen) atoms. The number of hydrogen-bond donors (Lipinski definition) is 1. The van der Waals surface area contributed by atoms with Gasteiger partial charge in [-0.05, 0) is 62.1 Å². The van der Waals surface area contributed by atoms with E-state index in [1.165, 1.54) is 23.1 Å². The highest BCUT2D eigenvalue weighted by molar-refractivity contribution is 6.58. The molecule has 3 heterocycles. The molecule has 1 aromatic heterocycles. The average molecular weight is 561 g/mol. The number of fused-ring (bicyclic) bond motifs is 4. The molecule has 8 nitrogen and oxygen atoms in total. The Bertz CT molecular complexity index is 1420. The number of allylic oxidation sites excluding steroid dienone is 2. The second-order valence-electron chi connectivity index (χ2n) is 10.1. The minimum atomic E-state index is -2.06. The summed E-state index contributed by atoms with van der Waals surface area (Å²) in [5, 5.41) is 9.62. The third kappa shape index (κ3) is 3.06. The van der Waals surface area contributed by atoms with Crippen molar-refractivity contribution in [3.63, 3.8) is 0 Å². The zero-order valence-corrected chi connectivity index (χ0v) is 21.7. The maximum atomic E-state index is 14.1. The number of amides is 4. The van der Waals surface area contributed by atoms with E-state index < -0.39 is 57.7 Å². The van der Waals surface area contributed by atoms with Gasteiger partial charge in [0.1, 0.15) is 23.9 Å². The second-order valence-corrected chi connectivity index (χ2v) is 11.4. The summed E-state index contributed by atoms with van der Waals surface area (Å²) in [6.45, 7) is 1.53. The van der Waals surface area contributed by atoms with Gasteiger partial charge in [-0.15, -0.1) is 23.2 Å². The van der Waals surface area contributed by atoms with Crippen molar-refractivity contribution in [3.05, 3.63) is 65.4 Å². The van der Waals surface area contributed by atoms with Gasteiger partial charge in [-0.25, -0.2) is 9.29 Å². The van der Waals surface area contributed by atoms with E-state index >= 15 is 0 Å². The molecule has 6 unspecified atom stereocenters. The molecule has 2 saturated heterocycles. The number of hydrogen-bond acceptors (Lipinski definition) is 6. The summed E-state index contributed by atoms with van der Waals surface area (Å²) >= 11 is 14.4. The predicted molar refractivity (Wildman–Crippen MR) is 134 cm³/mol. The van der Waals surface area contributed by atoms with Crippen LogP contribution in [0, 0.1) is 23.6 Å². The maximum absolute atomic E-state index is 14.1. The Balaban J connectivity index is 1.55. The highest BCUT2D eigenvalue weighted by atomic mass is 35.5. The fourth-order valence-electron chi connectivity index (χ4n) is 6.72. The predicted octanol–water partition coefficient (Wildman–Crippen LogP) is 3.49. The van der Waals surface area contributed by atoms with Crippen molar-refractivity contribution in [2.24, 2.45) is 17.8 Å². The summed E-state index contributed by atoms with van der Waals surface area (Å²) in [6, 6.07) is 7.90. The second kappa shape index (κ2) is 8.49. The highest BCUT2D eigenvalue weighted by Gasteiger charge is 2.77. The van der Waals surface area contributed by atoms with E-state index in [9.17, 15) is 28.7 Å². The standard InChI is InChI=1S/C27H23Cl2FN2O6/c1-2-31-22(34)17-9-8-16-18(20(17)23(31)35)11-26(28)24(36)32(14-5-3-13(30)4-6-14)25(37)27(26,29)21(16)19-10-7-15(12-33)38-19/h3-8,10,17-18,20-21,33H,2,9,11-12H2,1H3. The summed E-state index contributed by atoms with van der Waals surface area (Å²) in [4.78, 5) is 52.5. The van der Waals surface area contributed by atoms with Gasteiger partial charge < -0.3 is 9.52 Å². The number of alkyl halides is 2. The van der Waals surface area contributed by atoms with Crippen LogP contribution in [0.3, 0.4) is 0 Å². The molecule has 4 amide bonds. The topological polar surface area (TPSA) is 108 Å². The zero-order chi connectivity index (χ0) is 27.1. The quantitative estimate of drug-likeness (QED) is 0.348. The molecule has 2 aliphatic heterocycles.